The molecule has 4 nitrogen and oxygen atoms in total. The molecule has 68 valence electrons. The molecule has 2 aromatic rings. The molecule has 0 saturated carbocycles. The molecule has 0 atom stereocenters. The molecule has 2 rings (SSSR count). The standard InChI is InChI=1S/C9H9NO3/c1-12-5-9-10-7-4-6(11)2-3-8(7)13-9/h2-4,11H,5H2,1H3. The van der Waals surface area contributed by atoms with Crippen molar-refractivity contribution < 1.29 is 14.3 Å². The average Bonchev–Trinajstić information content (AvgIpc) is 2.46. The first-order chi connectivity index (χ1) is 6.29. The van der Waals surface area contributed by atoms with Crippen LogP contribution in [-0.4, -0.2) is 17.2 Å². The molecule has 0 saturated heterocycles. The largest absolute Gasteiger partial charge is 0.508 e. The molecular weight excluding hydrogens is 170 g/mol. The van der Waals surface area contributed by atoms with Gasteiger partial charge < -0.3 is 14.3 Å². The van der Waals surface area contributed by atoms with E-state index in [0.717, 1.165) is 0 Å². The van der Waals surface area contributed by atoms with Crippen molar-refractivity contribution >= 4 is 11.1 Å². The molecule has 1 aromatic carbocycles. The number of aromatic hydroxyl groups is 1. The first-order valence-corrected chi connectivity index (χ1v) is 3.87. The van der Waals surface area contributed by atoms with Crippen LogP contribution in [0.1, 0.15) is 5.89 Å². The first-order valence-electron chi connectivity index (χ1n) is 3.87. The minimum Gasteiger partial charge on any atom is -0.508 e. The number of nitrogens with zero attached hydrogens (tertiary/aromatic N) is 1. The highest BCUT2D eigenvalue weighted by Crippen LogP contribution is 2.20. The molecule has 1 heterocycles. The van der Waals surface area contributed by atoms with Crippen molar-refractivity contribution in [2.45, 2.75) is 6.61 Å². The van der Waals surface area contributed by atoms with Crippen LogP contribution in [0.3, 0.4) is 0 Å². The fourth-order valence-electron chi connectivity index (χ4n) is 1.15. The summed E-state index contributed by atoms with van der Waals surface area (Å²) in [6, 6.07) is 4.79. The van der Waals surface area contributed by atoms with Crippen molar-refractivity contribution in [3.05, 3.63) is 24.1 Å². The number of phenolic OH excluding ortho intramolecular Hbond substituents is 1. The number of oxazole rings is 1. The zero-order valence-electron chi connectivity index (χ0n) is 7.15. The van der Waals surface area contributed by atoms with Crippen LogP contribution >= 0.6 is 0 Å². The maximum absolute atomic E-state index is 9.16. The highest BCUT2D eigenvalue weighted by molar-refractivity contribution is 5.74. The quantitative estimate of drug-likeness (QED) is 0.762. The number of methoxy groups -OCH3 is 1. The molecule has 0 aliphatic rings. The van der Waals surface area contributed by atoms with Gasteiger partial charge in [-0.1, -0.05) is 0 Å². The third-order valence-electron chi connectivity index (χ3n) is 1.68. The van der Waals surface area contributed by atoms with Crippen LogP contribution in [0.2, 0.25) is 0 Å². The molecule has 0 spiro atoms. The molecular formula is C9H9NO3. The molecule has 0 unspecified atom stereocenters. The number of ether oxygens (including phenoxy) is 1. The average molecular weight is 179 g/mol. The Morgan fingerprint density at radius 3 is 3.15 bits per heavy atom. The molecule has 1 N–H and O–H groups in total. The molecule has 4 heteroatoms. The summed E-state index contributed by atoms with van der Waals surface area (Å²) in [7, 11) is 1.58. The van der Waals surface area contributed by atoms with E-state index in [4.69, 9.17) is 14.3 Å². The Bertz CT molecular complexity index is 422. The lowest BCUT2D eigenvalue weighted by molar-refractivity contribution is 0.161. The lowest BCUT2D eigenvalue weighted by atomic mass is 10.3. The lowest BCUT2D eigenvalue weighted by Gasteiger charge is -1.88. The van der Waals surface area contributed by atoms with Crippen molar-refractivity contribution in [2.24, 2.45) is 0 Å². The van der Waals surface area contributed by atoms with Crippen molar-refractivity contribution in [2.75, 3.05) is 7.11 Å². The SMILES string of the molecule is COCc1nc2cc(O)ccc2o1. The van der Waals surface area contributed by atoms with Crippen LogP contribution < -0.4 is 0 Å². The van der Waals surface area contributed by atoms with E-state index in [1.165, 1.54) is 0 Å². The molecule has 0 amide bonds. The van der Waals surface area contributed by atoms with Gasteiger partial charge >= 0.3 is 0 Å². The third-order valence-corrected chi connectivity index (χ3v) is 1.68. The Kier molecular flexibility index (Phi) is 1.90. The summed E-state index contributed by atoms with van der Waals surface area (Å²) in [6.07, 6.45) is 0. The van der Waals surface area contributed by atoms with Crippen LogP contribution in [0.25, 0.3) is 11.1 Å². The molecule has 0 radical (unpaired) electrons. The first kappa shape index (κ1) is 8.07. The summed E-state index contributed by atoms with van der Waals surface area (Å²) in [5.41, 5.74) is 1.30. The van der Waals surface area contributed by atoms with Crippen molar-refractivity contribution in [3.8, 4) is 5.75 Å². The van der Waals surface area contributed by atoms with Crippen LogP contribution in [0.15, 0.2) is 22.6 Å². The molecule has 0 bridgehead atoms. The minimum absolute atomic E-state index is 0.185. The highest BCUT2D eigenvalue weighted by atomic mass is 16.5. The number of rotatable bonds is 2. The summed E-state index contributed by atoms with van der Waals surface area (Å²) < 4.78 is 10.2. The van der Waals surface area contributed by atoms with Crippen LogP contribution in [0.4, 0.5) is 0 Å². The minimum atomic E-state index is 0.185. The summed E-state index contributed by atoms with van der Waals surface area (Å²) in [5.74, 6) is 0.702. The van der Waals surface area contributed by atoms with Gasteiger partial charge in [0.15, 0.2) is 5.58 Å². The monoisotopic (exact) mass is 179 g/mol. The van der Waals surface area contributed by atoms with Gasteiger partial charge in [0.25, 0.3) is 0 Å². The molecule has 0 aliphatic carbocycles. The summed E-state index contributed by atoms with van der Waals surface area (Å²) in [6.45, 7) is 0.343. The highest BCUT2D eigenvalue weighted by Gasteiger charge is 2.04. The number of benzene rings is 1. The van der Waals surface area contributed by atoms with Gasteiger partial charge in [0.2, 0.25) is 5.89 Å². The second-order valence-electron chi connectivity index (χ2n) is 2.69. The fourth-order valence-corrected chi connectivity index (χ4v) is 1.15. The molecule has 0 aliphatic heterocycles. The zero-order chi connectivity index (χ0) is 9.26. The molecule has 1 aromatic heterocycles. The number of phenols is 1. The summed E-state index contributed by atoms with van der Waals surface area (Å²) in [4.78, 5) is 4.11. The van der Waals surface area contributed by atoms with E-state index in [0.29, 0.717) is 23.6 Å². The lowest BCUT2D eigenvalue weighted by Crippen LogP contribution is -1.85. The number of hydrogen-bond acceptors (Lipinski definition) is 4. The van der Waals surface area contributed by atoms with Crippen molar-refractivity contribution in [1.29, 1.82) is 0 Å². The predicted octanol–water partition coefficient (Wildman–Crippen LogP) is 1.68. The Balaban J connectivity index is 2.49. The fraction of sp³-hybridized carbons (Fsp3) is 0.222. The van der Waals surface area contributed by atoms with E-state index in [-0.39, 0.29) is 5.75 Å². The van der Waals surface area contributed by atoms with Gasteiger partial charge in [0.05, 0.1) is 0 Å². The van der Waals surface area contributed by atoms with Gasteiger partial charge in [-0.2, -0.15) is 0 Å². The molecule has 0 fully saturated rings. The van der Waals surface area contributed by atoms with Gasteiger partial charge in [-0.3, -0.25) is 0 Å². The van der Waals surface area contributed by atoms with Crippen molar-refractivity contribution in [3.63, 3.8) is 0 Å². The Hall–Kier alpha value is -1.55. The van der Waals surface area contributed by atoms with Gasteiger partial charge in [0, 0.05) is 13.2 Å². The van der Waals surface area contributed by atoms with Crippen molar-refractivity contribution in [1.82, 2.24) is 4.98 Å². The zero-order valence-corrected chi connectivity index (χ0v) is 7.15. The van der Waals surface area contributed by atoms with Gasteiger partial charge in [-0.25, -0.2) is 4.98 Å². The van der Waals surface area contributed by atoms with E-state index < -0.39 is 0 Å². The second kappa shape index (κ2) is 3.06. The smallest absolute Gasteiger partial charge is 0.221 e. The van der Waals surface area contributed by atoms with E-state index in [2.05, 4.69) is 4.98 Å². The Labute approximate surface area is 74.8 Å². The summed E-state index contributed by atoms with van der Waals surface area (Å²) in [5, 5.41) is 9.16. The molecule has 13 heavy (non-hydrogen) atoms. The number of hydrogen-bond donors (Lipinski definition) is 1. The Morgan fingerprint density at radius 1 is 1.54 bits per heavy atom. The van der Waals surface area contributed by atoms with Crippen LogP contribution in [0, 0.1) is 0 Å². The van der Waals surface area contributed by atoms with E-state index in [1.54, 1.807) is 25.3 Å². The normalized spacial score (nSPS) is 10.8. The Morgan fingerprint density at radius 2 is 2.38 bits per heavy atom. The number of aromatic nitrogens is 1. The number of fused-ring (bicyclic) bond motifs is 1. The maximum atomic E-state index is 9.16. The van der Waals surface area contributed by atoms with E-state index >= 15 is 0 Å². The summed E-state index contributed by atoms with van der Waals surface area (Å²) >= 11 is 0. The van der Waals surface area contributed by atoms with Gasteiger partial charge in [-0.05, 0) is 12.1 Å². The maximum Gasteiger partial charge on any atom is 0.221 e. The van der Waals surface area contributed by atoms with Gasteiger partial charge in [0.1, 0.15) is 17.9 Å². The van der Waals surface area contributed by atoms with E-state index in [1.807, 2.05) is 0 Å². The van der Waals surface area contributed by atoms with Gasteiger partial charge in [-0.15, -0.1) is 0 Å². The van der Waals surface area contributed by atoms with E-state index in [9.17, 15) is 0 Å². The predicted molar refractivity (Wildman–Crippen MR) is 46.4 cm³/mol. The van der Waals surface area contributed by atoms with Crippen LogP contribution in [-0.2, 0) is 11.3 Å². The second-order valence-corrected chi connectivity index (χ2v) is 2.69. The third kappa shape index (κ3) is 1.48. The topological polar surface area (TPSA) is 55.5 Å². The van der Waals surface area contributed by atoms with Crippen LogP contribution in [0.5, 0.6) is 5.75 Å².